The molecule has 21 heavy (non-hydrogen) atoms. The Morgan fingerprint density at radius 3 is 2.62 bits per heavy atom. The minimum absolute atomic E-state index is 0.0365. The summed E-state index contributed by atoms with van der Waals surface area (Å²) < 4.78 is 4.70. The van der Waals surface area contributed by atoms with Gasteiger partial charge in [-0.15, -0.1) is 0 Å². The number of ether oxygens (including phenoxy) is 1. The second-order valence-electron chi connectivity index (χ2n) is 5.19. The second-order valence-corrected chi connectivity index (χ2v) is 5.19. The smallest absolute Gasteiger partial charge is 0.328 e. The predicted molar refractivity (Wildman–Crippen MR) is 79.7 cm³/mol. The molecule has 1 atom stereocenters. The molecule has 0 aliphatic rings. The fourth-order valence-corrected chi connectivity index (χ4v) is 1.80. The number of urea groups is 1. The van der Waals surface area contributed by atoms with Crippen molar-refractivity contribution in [1.82, 2.24) is 15.2 Å². The molecule has 0 aromatic carbocycles. The van der Waals surface area contributed by atoms with E-state index in [2.05, 4.69) is 10.3 Å². The average molecular weight is 293 g/mol. The van der Waals surface area contributed by atoms with Gasteiger partial charge in [0.1, 0.15) is 6.04 Å². The van der Waals surface area contributed by atoms with Gasteiger partial charge in [-0.25, -0.2) is 9.59 Å². The van der Waals surface area contributed by atoms with Gasteiger partial charge in [-0.05, 0) is 18.1 Å². The fraction of sp³-hybridized carbons (Fsp3) is 0.533. The third-order valence-electron chi connectivity index (χ3n) is 3.18. The molecule has 0 aliphatic heterocycles. The number of likely N-dealkylation sites (N-methyl/N-ethyl adjacent to an activating group) is 1. The van der Waals surface area contributed by atoms with Crippen LogP contribution in [-0.4, -0.2) is 48.6 Å². The molecule has 0 radical (unpaired) electrons. The highest BCUT2D eigenvalue weighted by molar-refractivity contribution is 5.83. The van der Waals surface area contributed by atoms with Crippen LogP contribution in [0, 0.1) is 5.92 Å². The third kappa shape index (κ3) is 5.41. The highest BCUT2D eigenvalue weighted by atomic mass is 16.5. The van der Waals surface area contributed by atoms with E-state index in [1.165, 1.54) is 12.0 Å². The minimum atomic E-state index is -0.639. The van der Waals surface area contributed by atoms with Crippen molar-refractivity contribution in [3.05, 3.63) is 30.1 Å². The maximum absolute atomic E-state index is 12.1. The molecule has 0 spiro atoms. The highest BCUT2D eigenvalue weighted by Crippen LogP contribution is 2.05. The van der Waals surface area contributed by atoms with E-state index in [4.69, 9.17) is 4.74 Å². The van der Waals surface area contributed by atoms with Gasteiger partial charge in [-0.3, -0.25) is 4.98 Å². The van der Waals surface area contributed by atoms with Crippen molar-refractivity contribution in [2.24, 2.45) is 5.92 Å². The van der Waals surface area contributed by atoms with E-state index in [1.54, 1.807) is 13.2 Å². The molecule has 1 aromatic rings. The van der Waals surface area contributed by atoms with Crippen molar-refractivity contribution in [2.45, 2.75) is 26.3 Å². The molecule has 0 saturated heterocycles. The Kier molecular flexibility index (Phi) is 6.65. The van der Waals surface area contributed by atoms with Crippen LogP contribution in [-0.2, 0) is 16.0 Å². The summed E-state index contributed by atoms with van der Waals surface area (Å²) in [6, 6.07) is 4.74. The molecule has 1 rings (SSSR count). The maximum atomic E-state index is 12.1. The summed E-state index contributed by atoms with van der Waals surface area (Å²) in [4.78, 5) is 29.5. The Balaban J connectivity index is 2.51. The summed E-state index contributed by atoms with van der Waals surface area (Å²) in [6.45, 7) is 4.24. The first-order chi connectivity index (χ1) is 9.95. The molecule has 1 N–H and O–H groups in total. The molecular weight excluding hydrogens is 270 g/mol. The molecule has 0 fully saturated rings. The Bertz CT molecular complexity index is 462. The van der Waals surface area contributed by atoms with Gasteiger partial charge in [-0.2, -0.15) is 0 Å². The molecule has 0 bridgehead atoms. The van der Waals surface area contributed by atoms with Crippen molar-refractivity contribution < 1.29 is 14.3 Å². The average Bonchev–Trinajstić information content (AvgIpc) is 2.49. The van der Waals surface area contributed by atoms with Crippen LogP contribution in [0.2, 0.25) is 0 Å². The molecule has 0 aliphatic carbocycles. The summed E-state index contributed by atoms with van der Waals surface area (Å²) in [7, 11) is 3.00. The van der Waals surface area contributed by atoms with Gasteiger partial charge in [0.2, 0.25) is 0 Å². The quantitative estimate of drug-likeness (QED) is 0.806. The van der Waals surface area contributed by atoms with Crippen molar-refractivity contribution in [3.8, 4) is 0 Å². The van der Waals surface area contributed by atoms with Gasteiger partial charge in [-0.1, -0.05) is 19.9 Å². The molecule has 1 aromatic heterocycles. The first-order valence-corrected chi connectivity index (χ1v) is 6.95. The van der Waals surface area contributed by atoms with E-state index in [0.29, 0.717) is 13.0 Å². The first-order valence-electron chi connectivity index (χ1n) is 6.95. The normalized spacial score (nSPS) is 11.9. The number of hydrogen-bond donors (Lipinski definition) is 1. The lowest BCUT2D eigenvalue weighted by Crippen LogP contribution is -2.49. The Morgan fingerprint density at radius 2 is 2.10 bits per heavy atom. The lowest BCUT2D eigenvalue weighted by Gasteiger charge is -2.24. The van der Waals surface area contributed by atoms with Gasteiger partial charge < -0.3 is 15.0 Å². The molecule has 6 heteroatoms. The first kappa shape index (κ1) is 16.9. The molecule has 6 nitrogen and oxygen atoms in total. The van der Waals surface area contributed by atoms with Crippen molar-refractivity contribution in [1.29, 1.82) is 0 Å². The summed E-state index contributed by atoms with van der Waals surface area (Å²) in [5.41, 5.74) is 0.922. The van der Waals surface area contributed by atoms with Crippen LogP contribution in [0.3, 0.4) is 0 Å². The third-order valence-corrected chi connectivity index (χ3v) is 3.18. The van der Waals surface area contributed by atoms with E-state index in [0.717, 1.165) is 5.69 Å². The number of hydrogen-bond acceptors (Lipinski definition) is 4. The molecular formula is C15H23N3O3. The fourth-order valence-electron chi connectivity index (χ4n) is 1.80. The Hall–Kier alpha value is -2.11. The zero-order valence-electron chi connectivity index (χ0n) is 13.0. The largest absolute Gasteiger partial charge is 0.467 e. The lowest BCUT2D eigenvalue weighted by atomic mass is 10.1. The van der Waals surface area contributed by atoms with E-state index in [9.17, 15) is 9.59 Å². The van der Waals surface area contributed by atoms with Crippen LogP contribution in [0.15, 0.2) is 24.4 Å². The summed E-state index contributed by atoms with van der Waals surface area (Å²) >= 11 is 0. The lowest BCUT2D eigenvalue weighted by molar-refractivity contribution is -0.144. The van der Waals surface area contributed by atoms with Gasteiger partial charge in [0, 0.05) is 31.9 Å². The van der Waals surface area contributed by atoms with E-state index in [-0.39, 0.29) is 11.9 Å². The van der Waals surface area contributed by atoms with E-state index < -0.39 is 12.0 Å². The highest BCUT2D eigenvalue weighted by Gasteiger charge is 2.26. The summed E-state index contributed by atoms with van der Waals surface area (Å²) in [5, 5.41) is 2.70. The number of aromatic nitrogens is 1. The van der Waals surface area contributed by atoms with Gasteiger partial charge >= 0.3 is 12.0 Å². The van der Waals surface area contributed by atoms with Crippen LogP contribution < -0.4 is 5.32 Å². The van der Waals surface area contributed by atoms with Crippen LogP contribution in [0.25, 0.3) is 0 Å². The SMILES string of the molecule is COC(=O)[C@@H](NC(=O)N(C)CCc1ccccn1)C(C)C. The van der Waals surface area contributed by atoms with E-state index in [1.807, 2.05) is 32.0 Å². The summed E-state index contributed by atoms with van der Waals surface area (Å²) in [6.07, 6.45) is 2.39. The molecule has 116 valence electrons. The number of nitrogens with one attached hydrogen (secondary N) is 1. The Labute approximate surface area is 125 Å². The van der Waals surface area contributed by atoms with Gasteiger partial charge in [0.25, 0.3) is 0 Å². The van der Waals surface area contributed by atoms with Crippen molar-refractivity contribution in [3.63, 3.8) is 0 Å². The predicted octanol–water partition coefficient (Wildman–Crippen LogP) is 1.46. The number of carbonyl (C=O) groups excluding carboxylic acids is 2. The summed E-state index contributed by atoms with van der Waals surface area (Å²) in [5.74, 6) is -0.470. The zero-order chi connectivity index (χ0) is 15.8. The van der Waals surface area contributed by atoms with Gasteiger partial charge in [0.05, 0.1) is 7.11 Å². The zero-order valence-corrected chi connectivity index (χ0v) is 13.0. The number of pyridine rings is 1. The number of amides is 2. The van der Waals surface area contributed by atoms with Gasteiger partial charge in [0.15, 0.2) is 0 Å². The van der Waals surface area contributed by atoms with Crippen molar-refractivity contribution >= 4 is 12.0 Å². The Morgan fingerprint density at radius 1 is 1.38 bits per heavy atom. The van der Waals surface area contributed by atoms with Crippen molar-refractivity contribution in [2.75, 3.05) is 20.7 Å². The number of carbonyl (C=O) groups is 2. The van der Waals surface area contributed by atoms with Crippen LogP contribution in [0.1, 0.15) is 19.5 Å². The maximum Gasteiger partial charge on any atom is 0.328 e. The second kappa shape index (κ2) is 8.24. The van der Waals surface area contributed by atoms with Crippen LogP contribution >= 0.6 is 0 Å². The van der Waals surface area contributed by atoms with Crippen LogP contribution in [0.5, 0.6) is 0 Å². The number of methoxy groups -OCH3 is 1. The molecule has 0 unspecified atom stereocenters. The molecule has 0 saturated carbocycles. The molecule has 1 heterocycles. The van der Waals surface area contributed by atoms with Crippen LogP contribution in [0.4, 0.5) is 4.79 Å². The van der Waals surface area contributed by atoms with E-state index >= 15 is 0 Å². The molecule has 2 amide bonds. The number of nitrogens with zero attached hydrogens (tertiary/aromatic N) is 2. The number of esters is 1. The minimum Gasteiger partial charge on any atom is -0.467 e. The topological polar surface area (TPSA) is 71.5 Å². The monoisotopic (exact) mass is 293 g/mol. The number of rotatable bonds is 6. The standard InChI is InChI=1S/C15H23N3O3/c1-11(2)13(14(19)21-4)17-15(20)18(3)10-8-12-7-5-6-9-16-12/h5-7,9,11,13H,8,10H2,1-4H3,(H,17,20)/t13-/m0/s1.